The summed E-state index contributed by atoms with van der Waals surface area (Å²) in [5.41, 5.74) is 0.923. The number of carbonyl (C=O) groups is 1. The maximum atomic E-state index is 13.0. The molecule has 1 amide bonds. The Labute approximate surface area is 138 Å². The first-order valence-electron chi connectivity index (χ1n) is 6.53. The van der Waals surface area contributed by atoms with E-state index < -0.39 is 15.8 Å². The largest absolute Gasteiger partial charge is 0.316 e. The van der Waals surface area contributed by atoms with Gasteiger partial charge >= 0.3 is 0 Å². The zero-order valence-corrected chi connectivity index (χ0v) is 14.0. The van der Waals surface area contributed by atoms with Crippen LogP contribution >= 0.6 is 11.6 Å². The molecule has 0 saturated carbocycles. The van der Waals surface area contributed by atoms with Crippen molar-refractivity contribution in [3.05, 3.63) is 53.3 Å². The number of carbonyl (C=O) groups excluding carboxylic acids is 1. The Kier molecular flexibility index (Phi) is 4.91. The molecule has 0 aromatic heterocycles. The van der Waals surface area contributed by atoms with Crippen LogP contribution in [0.5, 0.6) is 0 Å². The van der Waals surface area contributed by atoms with Gasteiger partial charge in [-0.1, -0.05) is 11.6 Å². The quantitative estimate of drug-likeness (QED) is 0.914. The molecule has 0 aliphatic rings. The van der Waals surface area contributed by atoms with Crippen LogP contribution in [0.1, 0.15) is 6.92 Å². The van der Waals surface area contributed by atoms with Crippen molar-refractivity contribution in [3.63, 3.8) is 0 Å². The van der Waals surface area contributed by atoms with Crippen molar-refractivity contribution in [2.24, 2.45) is 0 Å². The highest BCUT2D eigenvalue weighted by Gasteiger charge is 2.18. The summed E-state index contributed by atoms with van der Waals surface area (Å²) in [6, 6.07) is 9.29. The van der Waals surface area contributed by atoms with Crippen molar-refractivity contribution < 1.29 is 17.6 Å². The Morgan fingerprint density at radius 3 is 2.30 bits per heavy atom. The number of amides is 1. The molecule has 0 bridgehead atoms. The van der Waals surface area contributed by atoms with Gasteiger partial charge in [0.1, 0.15) is 10.7 Å². The third kappa shape index (κ3) is 4.00. The maximum Gasteiger partial charge on any atom is 0.263 e. The van der Waals surface area contributed by atoms with E-state index in [1.54, 1.807) is 19.2 Å². The molecule has 0 aliphatic carbocycles. The van der Waals surface area contributed by atoms with E-state index in [1.165, 1.54) is 24.0 Å². The number of hydrogen-bond acceptors (Lipinski definition) is 3. The summed E-state index contributed by atoms with van der Waals surface area (Å²) in [7, 11) is -2.33. The second kappa shape index (κ2) is 6.55. The summed E-state index contributed by atoms with van der Waals surface area (Å²) in [6.07, 6.45) is 0. The molecule has 0 fully saturated rings. The Bertz CT molecular complexity index is 838. The predicted octanol–water partition coefficient (Wildman–Crippen LogP) is 3.26. The van der Waals surface area contributed by atoms with Crippen LogP contribution < -0.4 is 9.62 Å². The van der Waals surface area contributed by atoms with E-state index in [2.05, 4.69) is 4.72 Å². The topological polar surface area (TPSA) is 66.5 Å². The van der Waals surface area contributed by atoms with Gasteiger partial charge in [0.15, 0.2) is 0 Å². The fraction of sp³-hybridized carbons (Fsp3) is 0.133. The van der Waals surface area contributed by atoms with Crippen molar-refractivity contribution in [2.75, 3.05) is 16.7 Å². The summed E-state index contributed by atoms with van der Waals surface area (Å²) in [6.45, 7) is 1.42. The Hall–Kier alpha value is -2.12. The summed E-state index contributed by atoms with van der Waals surface area (Å²) in [5, 5.41) is -0.203. The van der Waals surface area contributed by atoms with Crippen molar-refractivity contribution in [1.29, 1.82) is 0 Å². The van der Waals surface area contributed by atoms with E-state index in [9.17, 15) is 17.6 Å². The SMILES string of the molecule is CC(=O)N(C)c1ccc(NS(=O)(=O)c2ccc(F)cc2Cl)cc1. The standard InChI is InChI=1S/C15H14ClFN2O3S/c1-10(20)19(2)13-6-4-12(5-7-13)18-23(21,22)15-8-3-11(17)9-14(15)16/h3-9,18H,1-2H3. The van der Waals surface area contributed by atoms with Gasteiger partial charge in [-0.05, 0) is 42.5 Å². The predicted molar refractivity (Wildman–Crippen MR) is 87.7 cm³/mol. The van der Waals surface area contributed by atoms with Crippen LogP contribution in [0.2, 0.25) is 5.02 Å². The number of benzene rings is 2. The smallest absolute Gasteiger partial charge is 0.263 e. The Morgan fingerprint density at radius 1 is 1.17 bits per heavy atom. The van der Waals surface area contributed by atoms with E-state index in [1.807, 2.05) is 0 Å². The number of hydrogen-bond donors (Lipinski definition) is 1. The molecule has 8 heteroatoms. The normalized spacial score (nSPS) is 11.1. The molecule has 2 aromatic carbocycles. The summed E-state index contributed by atoms with van der Waals surface area (Å²) < 4.78 is 39.9. The fourth-order valence-electron chi connectivity index (χ4n) is 1.84. The molecule has 122 valence electrons. The first-order chi connectivity index (χ1) is 10.7. The third-order valence-corrected chi connectivity index (χ3v) is 5.03. The number of rotatable bonds is 4. The van der Waals surface area contributed by atoms with Gasteiger partial charge in [-0.25, -0.2) is 12.8 Å². The van der Waals surface area contributed by atoms with E-state index in [0.29, 0.717) is 11.4 Å². The lowest BCUT2D eigenvalue weighted by atomic mass is 10.2. The van der Waals surface area contributed by atoms with E-state index >= 15 is 0 Å². The maximum absolute atomic E-state index is 13.0. The Balaban J connectivity index is 2.25. The highest BCUT2D eigenvalue weighted by atomic mass is 35.5. The fourth-order valence-corrected chi connectivity index (χ4v) is 3.43. The minimum Gasteiger partial charge on any atom is -0.316 e. The molecular formula is C15H14ClFN2O3S. The lowest BCUT2D eigenvalue weighted by molar-refractivity contribution is -0.116. The molecule has 0 unspecified atom stereocenters. The third-order valence-electron chi connectivity index (χ3n) is 3.16. The molecule has 0 spiro atoms. The van der Waals surface area contributed by atoms with Crippen LogP contribution in [0.3, 0.4) is 0 Å². The number of sulfonamides is 1. The molecule has 0 saturated heterocycles. The van der Waals surface area contributed by atoms with Gasteiger partial charge in [-0.2, -0.15) is 0 Å². The van der Waals surface area contributed by atoms with Gasteiger partial charge in [-0.15, -0.1) is 0 Å². The van der Waals surface area contributed by atoms with E-state index in [-0.39, 0.29) is 15.8 Å². The molecule has 0 heterocycles. The average molecular weight is 357 g/mol. The monoisotopic (exact) mass is 356 g/mol. The van der Waals surface area contributed by atoms with Crippen LogP contribution in [0.15, 0.2) is 47.4 Å². The van der Waals surface area contributed by atoms with Gasteiger partial charge in [-0.3, -0.25) is 9.52 Å². The van der Waals surface area contributed by atoms with Crippen LogP contribution in [-0.4, -0.2) is 21.4 Å². The lowest BCUT2D eigenvalue weighted by Gasteiger charge is -2.15. The molecule has 2 aromatic rings. The summed E-state index contributed by atoms with van der Waals surface area (Å²) >= 11 is 5.78. The number of nitrogens with one attached hydrogen (secondary N) is 1. The van der Waals surface area contributed by atoms with Crippen molar-refractivity contribution in [2.45, 2.75) is 11.8 Å². The summed E-state index contributed by atoms with van der Waals surface area (Å²) in [4.78, 5) is 12.5. The minimum absolute atomic E-state index is 0.142. The van der Waals surface area contributed by atoms with E-state index in [4.69, 9.17) is 11.6 Å². The molecule has 2 rings (SSSR count). The Morgan fingerprint density at radius 2 is 1.78 bits per heavy atom. The van der Waals surface area contributed by atoms with Crippen LogP contribution in [0.4, 0.5) is 15.8 Å². The second-order valence-corrected chi connectivity index (χ2v) is 6.86. The average Bonchev–Trinajstić information content (AvgIpc) is 2.46. The molecular weight excluding hydrogens is 343 g/mol. The zero-order chi connectivity index (χ0) is 17.2. The minimum atomic E-state index is -3.94. The molecule has 23 heavy (non-hydrogen) atoms. The van der Waals surface area contributed by atoms with Gasteiger partial charge in [0, 0.05) is 25.3 Å². The highest BCUT2D eigenvalue weighted by Crippen LogP contribution is 2.25. The van der Waals surface area contributed by atoms with Crippen molar-refractivity contribution >= 4 is 38.9 Å². The molecule has 0 atom stereocenters. The van der Waals surface area contributed by atoms with Crippen LogP contribution in [-0.2, 0) is 14.8 Å². The molecule has 0 aliphatic heterocycles. The second-order valence-electron chi connectivity index (χ2n) is 4.81. The number of halogens is 2. The van der Waals surface area contributed by atoms with E-state index in [0.717, 1.165) is 18.2 Å². The highest BCUT2D eigenvalue weighted by molar-refractivity contribution is 7.92. The molecule has 1 N–H and O–H groups in total. The summed E-state index contributed by atoms with van der Waals surface area (Å²) in [5.74, 6) is -0.762. The van der Waals surface area contributed by atoms with Gasteiger partial charge in [0.25, 0.3) is 10.0 Å². The van der Waals surface area contributed by atoms with Gasteiger partial charge in [0.05, 0.1) is 5.02 Å². The van der Waals surface area contributed by atoms with Gasteiger partial charge < -0.3 is 4.90 Å². The molecule has 0 radical (unpaired) electrons. The number of nitrogens with zero attached hydrogens (tertiary/aromatic N) is 1. The first kappa shape index (κ1) is 17.2. The van der Waals surface area contributed by atoms with Gasteiger partial charge in [0.2, 0.25) is 5.91 Å². The van der Waals surface area contributed by atoms with Crippen molar-refractivity contribution in [1.82, 2.24) is 0 Å². The van der Waals surface area contributed by atoms with Crippen LogP contribution in [0, 0.1) is 5.82 Å². The van der Waals surface area contributed by atoms with Crippen molar-refractivity contribution in [3.8, 4) is 0 Å². The first-order valence-corrected chi connectivity index (χ1v) is 8.39. The van der Waals surface area contributed by atoms with Crippen LogP contribution in [0.25, 0.3) is 0 Å². The zero-order valence-electron chi connectivity index (χ0n) is 12.4. The number of anilines is 2. The molecule has 5 nitrogen and oxygen atoms in total. The lowest BCUT2D eigenvalue weighted by Crippen LogP contribution is -2.22.